The van der Waals surface area contributed by atoms with Gasteiger partial charge in [0.1, 0.15) is 6.54 Å². The molecule has 0 bridgehead atoms. The van der Waals surface area contributed by atoms with Gasteiger partial charge in [-0.05, 0) is 36.4 Å². The highest BCUT2D eigenvalue weighted by molar-refractivity contribution is 7.92. The van der Waals surface area contributed by atoms with Gasteiger partial charge in [-0.25, -0.2) is 13.4 Å². The summed E-state index contributed by atoms with van der Waals surface area (Å²) in [4.78, 5) is 19.5. The molecule has 0 amide bonds. The summed E-state index contributed by atoms with van der Waals surface area (Å²) < 4.78 is 29.1. The van der Waals surface area contributed by atoms with Crippen molar-refractivity contribution in [3.8, 4) is 5.82 Å². The lowest BCUT2D eigenvalue weighted by molar-refractivity contribution is -0.135. The Morgan fingerprint density at radius 2 is 1.78 bits per heavy atom. The lowest BCUT2D eigenvalue weighted by atomic mass is 10.2. The molecule has 0 aliphatic rings. The Kier molecular flexibility index (Phi) is 6.00. The Morgan fingerprint density at radius 3 is 2.41 bits per heavy atom. The lowest BCUT2D eigenvalue weighted by Crippen LogP contribution is -2.35. The normalized spacial score (nSPS) is 11.6. The molecule has 4 rings (SSSR count). The van der Waals surface area contributed by atoms with Crippen LogP contribution >= 0.6 is 34.8 Å². The van der Waals surface area contributed by atoms with Crippen molar-refractivity contribution in [1.29, 1.82) is 0 Å². The first-order chi connectivity index (χ1) is 15.2. The fourth-order valence-corrected chi connectivity index (χ4v) is 5.65. The van der Waals surface area contributed by atoms with E-state index in [-0.39, 0.29) is 25.7 Å². The molecule has 0 aliphatic carbocycles. The SMILES string of the molecule is O=C(O)CN(c1cc(Cl)c2c(ccn2-c2cnccn2)c1)S(=O)(=O)c1cc(Cl)cc(Cl)c1. The maximum Gasteiger partial charge on any atom is 0.324 e. The molecule has 8 nitrogen and oxygen atoms in total. The highest BCUT2D eigenvalue weighted by Crippen LogP contribution is 2.35. The van der Waals surface area contributed by atoms with Crippen LogP contribution in [-0.2, 0) is 14.8 Å². The van der Waals surface area contributed by atoms with Crippen LogP contribution in [0.4, 0.5) is 5.69 Å². The minimum absolute atomic E-state index is 0.0675. The van der Waals surface area contributed by atoms with Crippen molar-refractivity contribution < 1.29 is 18.3 Å². The predicted molar refractivity (Wildman–Crippen MR) is 123 cm³/mol. The molecule has 0 aliphatic heterocycles. The molecule has 0 saturated heterocycles. The standard InChI is InChI=1S/C20H13Cl3N4O4S/c21-13-6-14(22)8-16(7-13)32(30,31)27(11-19(28)29)15-5-12-1-4-26(20(12)17(23)9-15)18-10-24-2-3-25-18/h1-10H,11H2,(H,28,29). The first-order valence-corrected chi connectivity index (χ1v) is 11.5. The van der Waals surface area contributed by atoms with Crippen LogP contribution in [0.1, 0.15) is 0 Å². The Balaban J connectivity index is 1.87. The third-order valence-corrected chi connectivity index (χ3v) is 6.99. The molecule has 0 unspecified atom stereocenters. The first-order valence-electron chi connectivity index (χ1n) is 8.94. The minimum Gasteiger partial charge on any atom is -0.480 e. The number of fused-ring (bicyclic) bond motifs is 1. The highest BCUT2D eigenvalue weighted by atomic mass is 35.5. The Morgan fingerprint density at radius 1 is 1.06 bits per heavy atom. The maximum absolute atomic E-state index is 13.3. The average Bonchev–Trinajstić information content (AvgIpc) is 3.16. The summed E-state index contributed by atoms with van der Waals surface area (Å²) in [6.45, 7) is -0.834. The molecule has 1 N–H and O–H groups in total. The van der Waals surface area contributed by atoms with E-state index in [1.807, 2.05) is 0 Å². The highest BCUT2D eigenvalue weighted by Gasteiger charge is 2.29. The molecular formula is C20H13Cl3N4O4S. The van der Waals surface area contributed by atoms with Crippen LogP contribution in [0.5, 0.6) is 0 Å². The molecule has 2 aromatic carbocycles. The van der Waals surface area contributed by atoms with Gasteiger partial charge >= 0.3 is 5.97 Å². The smallest absolute Gasteiger partial charge is 0.324 e. The molecule has 32 heavy (non-hydrogen) atoms. The van der Waals surface area contributed by atoms with Gasteiger partial charge in [-0.2, -0.15) is 0 Å². The molecule has 0 atom stereocenters. The summed E-state index contributed by atoms with van der Waals surface area (Å²) in [6, 6.07) is 8.39. The zero-order valence-electron chi connectivity index (χ0n) is 16.0. The molecule has 2 aromatic heterocycles. The molecule has 0 radical (unpaired) electrons. The molecule has 2 heterocycles. The van der Waals surface area contributed by atoms with Crippen molar-refractivity contribution in [3.05, 3.63) is 76.3 Å². The molecule has 164 valence electrons. The number of carboxylic acid groups (broad SMARTS) is 1. The van der Waals surface area contributed by atoms with Crippen LogP contribution in [0.15, 0.2) is 66.1 Å². The number of aromatic nitrogens is 3. The fourth-order valence-electron chi connectivity index (χ4n) is 3.21. The van der Waals surface area contributed by atoms with E-state index < -0.39 is 22.5 Å². The van der Waals surface area contributed by atoms with Gasteiger partial charge in [-0.3, -0.25) is 18.7 Å². The topological polar surface area (TPSA) is 105 Å². The van der Waals surface area contributed by atoms with Crippen molar-refractivity contribution in [2.24, 2.45) is 0 Å². The van der Waals surface area contributed by atoms with Crippen molar-refractivity contribution in [2.45, 2.75) is 4.90 Å². The van der Waals surface area contributed by atoms with Crippen LogP contribution in [0.25, 0.3) is 16.7 Å². The Labute approximate surface area is 197 Å². The van der Waals surface area contributed by atoms with Crippen LogP contribution in [-0.4, -0.2) is 40.6 Å². The summed E-state index contributed by atoms with van der Waals surface area (Å²) in [5.74, 6) is -0.837. The van der Waals surface area contributed by atoms with Gasteiger partial charge in [0.25, 0.3) is 10.0 Å². The second-order valence-electron chi connectivity index (χ2n) is 6.63. The zero-order valence-corrected chi connectivity index (χ0v) is 19.1. The van der Waals surface area contributed by atoms with E-state index in [9.17, 15) is 18.3 Å². The van der Waals surface area contributed by atoms with E-state index in [0.29, 0.717) is 16.7 Å². The molecular weight excluding hydrogens is 499 g/mol. The number of halogens is 3. The van der Waals surface area contributed by atoms with Crippen molar-refractivity contribution in [3.63, 3.8) is 0 Å². The van der Waals surface area contributed by atoms with Crippen LogP contribution in [0.2, 0.25) is 15.1 Å². The number of hydrogen-bond donors (Lipinski definition) is 1. The van der Waals surface area contributed by atoms with Crippen LogP contribution < -0.4 is 4.31 Å². The van der Waals surface area contributed by atoms with Gasteiger partial charge in [0.2, 0.25) is 0 Å². The van der Waals surface area contributed by atoms with E-state index >= 15 is 0 Å². The lowest BCUT2D eigenvalue weighted by Gasteiger charge is -2.23. The number of anilines is 1. The van der Waals surface area contributed by atoms with Gasteiger partial charge < -0.3 is 5.11 Å². The number of sulfonamides is 1. The van der Waals surface area contributed by atoms with Crippen molar-refractivity contribution in [2.75, 3.05) is 10.8 Å². The largest absolute Gasteiger partial charge is 0.480 e. The zero-order chi connectivity index (χ0) is 23.0. The summed E-state index contributed by atoms with van der Waals surface area (Å²) in [5.41, 5.74) is 0.632. The molecule has 0 fully saturated rings. The number of carbonyl (C=O) groups is 1. The summed E-state index contributed by atoms with van der Waals surface area (Å²) in [6.07, 6.45) is 6.32. The van der Waals surface area contributed by atoms with Crippen LogP contribution in [0.3, 0.4) is 0 Å². The second kappa shape index (κ2) is 8.59. The number of benzene rings is 2. The summed E-state index contributed by atoms with van der Waals surface area (Å²) >= 11 is 18.4. The van der Waals surface area contributed by atoms with E-state index in [1.54, 1.807) is 23.0 Å². The number of rotatable bonds is 6. The van der Waals surface area contributed by atoms with E-state index in [2.05, 4.69) is 9.97 Å². The monoisotopic (exact) mass is 510 g/mol. The van der Waals surface area contributed by atoms with Gasteiger partial charge in [-0.1, -0.05) is 34.8 Å². The fraction of sp³-hybridized carbons (Fsp3) is 0.0500. The van der Waals surface area contributed by atoms with Crippen molar-refractivity contribution >= 4 is 67.4 Å². The molecule has 4 aromatic rings. The number of nitrogens with zero attached hydrogens (tertiary/aromatic N) is 4. The first kappa shape index (κ1) is 22.3. The van der Waals surface area contributed by atoms with Gasteiger partial charge in [0.05, 0.1) is 27.3 Å². The minimum atomic E-state index is -4.33. The quantitative estimate of drug-likeness (QED) is 0.404. The van der Waals surface area contributed by atoms with Gasteiger partial charge in [0, 0.05) is 34.0 Å². The predicted octanol–water partition coefficient (Wildman–Crippen LogP) is 4.66. The molecule has 0 spiro atoms. The van der Waals surface area contributed by atoms with Crippen LogP contribution in [0, 0.1) is 0 Å². The van der Waals surface area contributed by atoms with E-state index in [1.165, 1.54) is 42.7 Å². The number of aliphatic carboxylic acids is 1. The number of hydrogen-bond acceptors (Lipinski definition) is 5. The number of carboxylic acids is 1. The Bertz CT molecular complexity index is 1420. The molecule has 12 heteroatoms. The Hall–Kier alpha value is -2.85. The van der Waals surface area contributed by atoms with Crippen molar-refractivity contribution in [1.82, 2.24) is 14.5 Å². The van der Waals surface area contributed by atoms with E-state index in [4.69, 9.17) is 34.8 Å². The summed E-state index contributed by atoms with van der Waals surface area (Å²) in [5, 5.41) is 10.4. The third-order valence-electron chi connectivity index (χ3n) is 4.51. The molecule has 0 saturated carbocycles. The van der Waals surface area contributed by atoms with E-state index in [0.717, 1.165) is 4.31 Å². The second-order valence-corrected chi connectivity index (χ2v) is 9.77. The maximum atomic E-state index is 13.3. The average molecular weight is 512 g/mol. The van der Waals surface area contributed by atoms with Gasteiger partial charge in [0.15, 0.2) is 5.82 Å². The van der Waals surface area contributed by atoms with Gasteiger partial charge in [-0.15, -0.1) is 0 Å². The third kappa shape index (κ3) is 4.24. The summed E-state index contributed by atoms with van der Waals surface area (Å²) in [7, 11) is -4.33.